The Morgan fingerprint density at radius 3 is 3.10 bits per heavy atom. The summed E-state index contributed by atoms with van der Waals surface area (Å²) in [7, 11) is 0. The molecule has 0 bridgehead atoms. The van der Waals surface area contributed by atoms with Gasteiger partial charge in [0.25, 0.3) is 0 Å². The summed E-state index contributed by atoms with van der Waals surface area (Å²) in [6.07, 6.45) is 5.80. The van der Waals surface area contributed by atoms with Crippen LogP contribution in [0.15, 0.2) is 41.8 Å². The normalized spacial score (nSPS) is 14.2. The van der Waals surface area contributed by atoms with Crippen molar-refractivity contribution in [2.45, 2.75) is 24.0 Å². The number of hydrogen-bond acceptors (Lipinski definition) is 3. The zero-order chi connectivity index (χ0) is 13.9. The van der Waals surface area contributed by atoms with Crippen molar-refractivity contribution in [3.05, 3.63) is 41.7 Å². The minimum Gasteiger partial charge on any atom is -0.353 e. The number of nitrogens with one attached hydrogen (secondary N) is 1. The summed E-state index contributed by atoms with van der Waals surface area (Å²) in [5.74, 6) is 0.451. The van der Waals surface area contributed by atoms with Crippen molar-refractivity contribution in [1.29, 1.82) is 0 Å². The van der Waals surface area contributed by atoms with Crippen molar-refractivity contribution in [2.75, 3.05) is 5.75 Å². The Morgan fingerprint density at radius 2 is 2.35 bits per heavy atom. The van der Waals surface area contributed by atoms with Gasteiger partial charge in [-0.2, -0.15) is 0 Å². The molecule has 1 saturated carbocycles. The lowest BCUT2D eigenvalue weighted by atomic mass is 10.3. The molecule has 4 nitrogen and oxygen atoms in total. The Labute approximate surface area is 126 Å². The van der Waals surface area contributed by atoms with E-state index < -0.39 is 0 Å². The van der Waals surface area contributed by atoms with Gasteiger partial charge in [0.1, 0.15) is 0 Å². The third-order valence-electron chi connectivity index (χ3n) is 2.97. The van der Waals surface area contributed by atoms with E-state index >= 15 is 0 Å². The van der Waals surface area contributed by atoms with Crippen LogP contribution in [-0.2, 0) is 4.79 Å². The van der Waals surface area contributed by atoms with Crippen LogP contribution in [0.4, 0.5) is 0 Å². The fourth-order valence-corrected chi connectivity index (χ4v) is 2.81. The van der Waals surface area contributed by atoms with Gasteiger partial charge in [0.05, 0.1) is 5.75 Å². The lowest BCUT2D eigenvalue weighted by Gasteiger charge is -2.08. The maximum atomic E-state index is 11.7. The van der Waals surface area contributed by atoms with Crippen LogP contribution in [0.5, 0.6) is 0 Å². The van der Waals surface area contributed by atoms with Crippen LogP contribution in [0.2, 0.25) is 5.02 Å². The SMILES string of the molecule is O=C(CSc1nccn1-c1cccc(Cl)c1)NC1CC1. The summed E-state index contributed by atoms with van der Waals surface area (Å²) in [6.45, 7) is 0. The quantitative estimate of drug-likeness (QED) is 0.864. The number of benzene rings is 1. The lowest BCUT2D eigenvalue weighted by Crippen LogP contribution is -2.27. The first-order valence-corrected chi connectivity index (χ1v) is 7.80. The molecule has 6 heteroatoms. The van der Waals surface area contributed by atoms with Crippen molar-refractivity contribution in [1.82, 2.24) is 14.9 Å². The molecular formula is C14H14ClN3OS. The first-order valence-electron chi connectivity index (χ1n) is 6.44. The molecule has 0 unspecified atom stereocenters. The maximum Gasteiger partial charge on any atom is 0.230 e. The van der Waals surface area contributed by atoms with E-state index in [9.17, 15) is 4.79 Å². The zero-order valence-electron chi connectivity index (χ0n) is 10.8. The maximum absolute atomic E-state index is 11.7. The molecule has 0 spiro atoms. The predicted molar refractivity (Wildman–Crippen MR) is 80.5 cm³/mol. The molecule has 1 amide bonds. The fraction of sp³-hybridized carbons (Fsp3) is 0.286. The van der Waals surface area contributed by atoms with Crippen LogP contribution in [0, 0.1) is 0 Å². The first-order chi connectivity index (χ1) is 9.72. The molecule has 1 aliphatic rings. The lowest BCUT2D eigenvalue weighted by molar-refractivity contribution is -0.118. The molecule has 0 atom stereocenters. The van der Waals surface area contributed by atoms with Crippen molar-refractivity contribution >= 4 is 29.3 Å². The second-order valence-electron chi connectivity index (χ2n) is 4.69. The minimum atomic E-state index is 0.0677. The number of carbonyl (C=O) groups is 1. The summed E-state index contributed by atoms with van der Waals surface area (Å²) in [5, 5.41) is 4.44. The van der Waals surface area contributed by atoms with E-state index in [4.69, 9.17) is 11.6 Å². The summed E-state index contributed by atoms with van der Waals surface area (Å²) in [5.41, 5.74) is 0.945. The number of thioether (sulfide) groups is 1. The molecule has 0 aliphatic heterocycles. The van der Waals surface area contributed by atoms with Crippen LogP contribution in [0.1, 0.15) is 12.8 Å². The molecule has 1 aromatic carbocycles. The fourth-order valence-electron chi connectivity index (χ4n) is 1.85. The van der Waals surface area contributed by atoms with Crippen LogP contribution >= 0.6 is 23.4 Å². The number of aromatic nitrogens is 2. The molecule has 1 aliphatic carbocycles. The van der Waals surface area contributed by atoms with Gasteiger partial charge in [-0.05, 0) is 31.0 Å². The Hall–Kier alpha value is -1.46. The number of carbonyl (C=O) groups excluding carboxylic acids is 1. The van der Waals surface area contributed by atoms with Crippen molar-refractivity contribution in [3.63, 3.8) is 0 Å². The molecule has 0 radical (unpaired) electrons. The summed E-state index contributed by atoms with van der Waals surface area (Å²) < 4.78 is 1.93. The van der Waals surface area contributed by atoms with Crippen molar-refractivity contribution in [2.24, 2.45) is 0 Å². The van der Waals surface area contributed by atoms with Gasteiger partial charge in [0.15, 0.2) is 5.16 Å². The second kappa shape index (κ2) is 5.89. The number of imidazole rings is 1. The molecule has 20 heavy (non-hydrogen) atoms. The highest BCUT2D eigenvalue weighted by atomic mass is 35.5. The van der Waals surface area contributed by atoms with Gasteiger partial charge in [-0.1, -0.05) is 29.4 Å². The summed E-state index contributed by atoms with van der Waals surface area (Å²) in [6, 6.07) is 7.96. The summed E-state index contributed by atoms with van der Waals surface area (Å²) >= 11 is 7.43. The topological polar surface area (TPSA) is 46.9 Å². The highest BCUT2D eigenvalue weighted by Gasteiger charge is 2.23. The van der Waals surface area contributed by atoms with Crippen molar-refractivity contribution in [3.8, 4) is 5.69 Å². The average Bonchev–Trinajstić information content (AvgIpc) is 3.11. The zero-order valence-corrected chi connectivity index (χ0v) is 12.3. The number of halogens is 1. The van der Waals surface area contributed by atoms with Gasteiger partial charge in [-0.15, -0.1) is 0 Å². The van der Waals surface area contributed by atoms with Gasteiger partial charge >= 0.3 is 0 Å². The van der Waals surface area contributed by atoms with Crippen molar-refractivity contribution < 1.29 is 4.79 Å². The van der Waals surface area contributed by atoms with Gasteiger partial charge in [0, 0.05) is 29.1 Å². The second-order valence-corrected chi connectivity index (χ2v) is 6.07. The third kappa shape index (κ3) is 3.35. The van der Waals surface area contributed by atoms with Crippen LogP contribution in [-0.4, -0.2) is 27.3 Å². The number of amides is 1. The van der Waals surface area contributed by atoms with Crippen LogP contribution in [0.3, 0.4) is 0 Å². The van der Waals surface area contributed by atoms with E-state index in [1.807, 2.05) is 35.0 Å². The molecule has 1 N–H and O–H groups in total. The van der Waals surface area contributed by atoms with Crippen LogP contribution in [0.25, 0.3) is 5.69 Å². The number of hydrogen-bond donors (Lipinski definition) is 1. The first kappa shape index (κ1) is 13.5. The Kier molecular flexibility index (Phi) is 3.98. The largest absolute Gasteiger partial charge is 0.353 e. The average molecular weight is 308 g/mol. The highest BCUT2D eigenvalue weighted by molar-refractivity contribution is 7.99. The standard InChI is InChI=1S/C14H14ClN3OS/c15-10-2-1-3-12(8-10)18-7-6-16-14(18)20-9-13(19)17-11-4-5-11/h1-3,6-8,11H,4-5,9H2,(H,17,19). The Morgan fingerprint density at radius 1 is 1.50 bits per heavy atom. The van der Waals surface area contributed by atoms with E-state index in [1.165, 1.54) is 11.8 Å². The Bertz CT molecular complexity index is 624. The van der Waals surface area contributed by atoms with Gasteiger partial charge < -0.3 is 5.32 Å². The van der Waals surface area contributed by atoms with Gasteiger partial charge in [0.2, 0.25) is 5.91 Å². The molecule has 1 fully saturated rings. The highest BCUT2D eigenvalue weighted by Crippen LogP contribution is 2.23. The van der Waals surface area contributed by atoms with Gasteiger partial charge in [-0.3, -0.25) is 9.36 Å². The van der Waals surface area contributed by atoms with Gasteiger partial charge in [-0.25, -0.2) is 4.98 Å². The summed E-state index contributed by atoms with van der Waals surface area (Å²) in [4.78, 5) is 16.0. The molecule has 0 saturated heterocycles. The smallest absolute Gasteiger partial charge is 0.230 e. The molecule has 1 heterocycles. The number of rotatable bonds is 5. The van der Waals surface area contributed by atoms with E-state index in [-0.39, 0.29) is 5.91 Å². The Balaban J connectivity index is 1.68. The third-order valence-corrected chi connectivity index (χ3v) is 4.17. The van der Waals surface area contributed by atoms with E-state index in [2.05, 4.69) is 10.3 Å². The monoisotopic (exact) mass is 307 g/mol. The number of nitrogens with zero attached hydrogens (tertiary/aromatic N) is 2. The molecule has 1 aromatic heterocycles. The predicted octanol–water partition coefficient (Wildman–Crippen LogP) is 2.90. The molecule has 3 rings (SSSR count). The van der Waals surface area contributed by atoms with E-state index in [0.717, 1.165) is 23.7 Å². The molecule has 2 aromatic rings. The minimum absolute atomic E-state index is 0.0677. The van der Waals surface area contributed by atoms with E-state index in [1.54, 1.807) is 6.20 Å². The molecular weight excluding hydrogens is 294 g/mol. The van der Waals surface area contributed by atoms with Crippen LogP contribution < -0.4 is 5.32 Å². The molecule has 104 valence electrons. The van der Waals surface area contributed by atoms with E-state index in [0.29, 0.717) is 16.8 Å².